The third-order valence-electron chi connectivity index (χ3n) is 10.8. The predicted molar refractivity (Wildman–Crippen MR) is 143 cm³/mol. The summed E-state index contributed by atoms with van der Waals surface area (Å²) in [6.45, 7) is 8.88. The Hall–Kier alpha value is -0.560. The van der Waals surface area contributed by atoms with E-state index in [9.17, 15) is 31.0 Å². The average Bonchev–Trinajstić information content (AvgIpc) is 3.12. The van der Waals surface area contributed by atoms with Gasteiger partial charge in [0.25, 0.3) is 0 Å². The Kier molecular flexibility index (Phi) is 8.82. The Morgan fingerprint density at radius 3 is 2.37 bits per heavy atom. The van der Waals surface area contributed by atoms with Gasteiger partial charge in [0.15, 0.2) is 0 Å². The molecule has 0 bridgehead atoms. The number of hydrogen-bond donors (Lipinski definition) is 3. The summed E-state index contributed by atoms with van der Waals surface area (Å²) >= 11 is 0. The highest BCUT2D eigenvalue weighted by Gasteiger charge is 2.60. The van der Waals surface area contributed by atoms with Crippen LogP contribution in [-0.2, 0) is 29.2 Å². The molecule has 0 spiro atoms. The number of aliphatic hydroxyl groups is 1. The van der Waals surface area contributed by atoms with Crippen molar-refractivity contribution in [1.29, 1.82) is 0 Å². The number of fused-ring (bicyclic) bond motifs is 5. The summed E-state index contributed by atoms with van der Waals surface area (Å²) in [6, 6.07) is 0. The van der Waals surface area contributed by atoms with E-state index >= 15 is 0 Å². The van der Waals surface area contributed by atoms with Gasteiger partial charge in [-0.3, -0.25) is 9.11 Å². The van der Waals surface area contributed by atoms with Gasteiger partial charge in [-0.1, -0.05) is 52.2 Å². The minimum atomic E-state index is -4.67. The molecule has 9 atom stereocenters. The van der Waals surface area contributed by atoms with E-state index in [4.69, 9.17) is 8.37 Å². The highest BCUT2D eigenvalue weighted by molar-refractivity contribution is 7.81. The van der Waals surface area contributed by atoms with Crippen molar-refractivity contribution in [2.45, 2.75) is 104 Å². The van der Waals surface area contributed by atoms with Gasteiger partial charge >= 0.3 is 20.8 Å². The maximum absolute atomic E-state index is 11.5. The van der Waals surface area contributed by atoms with Crippen LogP contribution in [0, 0.1) is 46.3 Å². The van der Waals surface area contributed by atoms with E-state index < -0.39 is 33.0 Å². The van der Waals surface area contributed by atoms with Crippen LogP contribution in [-0.4, -0.2) is 49.9 Å². The van der Waals surface area contributed by atoms with E-state index in [0.29, 0.717) is 42.4 Å². The molecule has 0 aromatic carbocycles. The summed E-state index contributed by atoms with van der Waals surface area (Å²) in [5.41, 5.74) is 0.862. The molecular weight excluding hydrogens is 532 g/mol. The SMILES string of the molecule is CC(C)CCC[C@@H](COS(=O)(=O)O)[C@H]1CC[C@H]2[C@@H]3CC=C4C[C@H](O)[C@@H](OS(=O)(=O)O)C[C@]4(C)[C@@H]3CC[C@]12C. The standard InChI is InChI=1S/C27H46O9S2/c1-17(2)6-5-7-18(16-35-37(29,30)31)21-10-11-22-20-9-8-19-14-24(28)25(36-38(32,33)34)15-27(19,4)23(20)12-13-26(21,22)3/h8,17-18,20-25,28H,5-7,9-16H2,1-4H3,(H,29,30,31)(H,32,33,34)/t18-,20-,21+,22-,23+,24-,25-,26+,27-/m0/s1. The summed E-state index contributed by atoms with van der Waals surface area (Å²) in [6.07, 6.45) is 8.77. The Bertz CT molecular complexity index is 1100. The van der Waals surface area contributed by atoms with Crippen molar-refractivity contribution in [3.05, 3.63) is 11.6 Å². The highest BCUT2D eigenvalue weighted by atomic mass is 32.3. The fraction of sp³-hybridized carbons (Fsp3) is 0.926. The lowest BCUT2D eigenvalue weighted by Crippen LogP contribution is -2.54. The second kappa shape index (κ2) is 11.0. The lowest BCUT2D eigenvalue weighted by Gasteiger charge is -2.59. The van der Waals surface area contributed by atoms with Gasteiger partial charge in [-0.25, -0.2) is 8.37 Å². The maximum Gasteiger partial charge on any atom is 0.397 e. The normalized spacial score (nSPS) is 40.3. The lowest BCUT2D eigenvalue weighted by atomic mass is 9.46. The Labute approximate surface area is 228 Å². The molecule has 4 aliphatic carbocycles. The molecule has 3 N–H and O–H groups in total. The third kappa shape index (κ3) is 6.34. The van der Waals surface area contributed by atoms with E-state index in [1.54, 1.807) is 0 Å². The molecule has 3 saturated carbocycles. The van der Waals surface area contributed by atoms with Crippen LogP contribution in [0.3, 0.4) is 0 Å². The Balaban J connectivity index is 1.55. The van der Waals surface area contributed by atoms with E-state index in [2.05, 4.69) is 33.8 Å². The molecule has 0 amide bonds. The van der Waals surface area contributed by atoms with Gasteiger partial charge in [-0.15, -0.1) is 0 Å². The minimum Gasteiger partial charge on any atom is -0.390 e. The van der Waals surface area contributed by atoms with Gasteiger partial charge in [0, 0.05) is 0 Å². The Morgan fingerprint density at radius 1 is 1.03 bits per heavy atom. The average molecular weight is 579 g/mol. The first-order valence-electron chi connectivity index (χ1n) is 14.2. The zero-order chi connectivity index (χ0) is 28.1. The number of rotatable bonds is 10. The van der Waals surface area contributed by atoms with Crippen molar-refractivity contribution in [2.75, 3.05) is 6.61 Å². The van der Waals surface area contributed by atoms with Crippen LogP contribution in [0.4, 0.5) is 0 Å². The van der Waals surface area contributed by atoms with E-state index in [1.807, 2.05) is 0 Å². The lowest BCUT2D eigenvalue weighted by molar-refractivity contribution is -0.0853. The van der Waals surface area contributed by atoms with Crippen molar-refractivity contribution >= 4 is 20.8 Å². The number of hydrogen-bond acceptors (Lipinski definition) is 7. The van der Waals surface area contributed by atoms with Crippen LogP contribution >= 0.6 is 0 Å². The molecule has 38 heavy (non-hydrogen) atoms. The van der Waals surface area contributed by atoms with Crippen molar-refractivity contribution < 1.29 is 39.4 Å². The first kappa shape index (κ1) is 30.4. The van der Waals surface area contributed by atoms with Crippen LogP contribution in [0.5, 0.6) is 0 Å². The zero-order valence-electron chi connectivity index (χ0n) is 23.1. The van der Waals surface area contributed by atoms with Crippen LogP contribution in [0.2, 0.25) is 0 Å². The molecule has 4 aliphatic rings. The van der Waals surface area contributed by atoms with Gasteiger partial charge in [-0.05, 0) is 97.7 Å². The molecule has 11 heteroatoms. The largest absolute Gasteiger partial charge is 0.397 e. The number of allylic oxidation sites excluding steroid dienone is 1. The Morgan fingerprint density at radius 2 is 1.74 bits per heavy atom. The van der Waals surface area contributed by atoms with Gasteiger partial charge < -0.3 is 5.11 Å². The molecule has 0 aliphatic heterocycles. The van der Waals surface area contributed by atoms with Gasteiger partial charge in [0.2, 0.25) is 0 Å². The van der Waals surface area contributed by atoms with Crippen LogP contribution < -0.4 is 0 Å². The van der Waals surface area contributed by atoms with Crippen molar-refractivity contribution in [3.63, 3.8) is 0 Å². The maximum atomic E-state index is 11.5. The van der Waals surface area contributed by atoms with Crippen LogP contribution in [0.15, 0.2) is 11.6 Å². The molecule has 0 aromatic heterocycles. The molecule has 3 fully saturated rings. The molecule has 0 heterocycles. The second-order valence-electron chi connectivity index (χ2n) is 13.3. The topological polar surface area (TPSA) is 147 Å². The summed E-state index contributed by atoms with van der Waals surface area (Å²) in [4.78, 5) is 0. The van der Waals surface area contributed by atoms with Crippen molar-refractivity contribution in [2.24, 2.45) is 46.3 Å². The molecule has 0 unspecified atom stereocenters. The van der Waals surface area contributed by atoms with E-state index in [1.165, 1.54) is 0 Å². The van der Waals surface area contributed by atoms with Gasteiger partial charge in [0.05, 0.1) is 12.7 Å². The first-order valence-corrected chi connectivity index (χ1v) is 16.9. The van der Waals surface area contributed by atoms with E-state index in [-0.39, 0.29) is 23.4 Å². The molecule has 220 valence electrons. The molecule has 4 rings (SSSR count). The molecule has 0 radical (unpaired) electrons. The van der Waals surface area contributed by atoms with Gasteiger partial charge in [0.1, 0.15) is 6.10 Å². The minimum absolute atomic E-state index is 0.00626. The summed E-state index contributed by atoms with van der Waals surface area (Å²) in [5, 5.41) is 10.6. The number of aliphatic hydroxyl groups excluding tert-OH is 1. The predicted octanol–water partition coefficient (Wildman–Crippen LogP) is 4.99. The first-order chi connectivity index (χ1) is 17.5. The second-order valence-corrected chi connectivity index (χ2v) is 15.5. The summed E-state index contributed by atoms with van der Waals surface area (Å²) in [7, 11) is -9.18. The fourth-order valence-electron chi connectivity index (χ4n) is 9.10. The highest BCUT2D eigenvalue weighted by Crippen LogP contribution is 2.67. The van der Waals surface area contributed by atoms with Crippen molar-refractivity contribution in [1.82, 2.24) is 0 Å². The third-order valence-corrected chi connectivity index (χ3v) is 11.7. The fourth-order valence-corrected chi connectivity index (χ4v) is 9.95. The monoisotopic (exact) mass is 578 g/mol. The molecule has 9 nitrogen and oxygen atoms in total. The van der Waals surface area contributed by atoms with Gasteiger partial charge in [-0.2, -0.15) is 16.8 Å². The quantitative estimate of drug-likeness (QED) is 0.241. The zero-order valence-corrected chi connectivity index (χ0v) is 24.7. The van der Waals surface area contributed by atoms with E-state index in [0.717, 1.165) is 56.9 Å². The summed E-state index contributed by atoms with van der Waals surface area (Å²) < 4.78 is 74.2. The smallest absolute Gasteiger partial charge is 0.390 e. The van der Waals surface area contributed by atoms with Crippen LogP contribution in [0.1, 0.15) is 91.9 Å². The van der Waals surface area contributed by atoms with Crippen molar-refractivity contribution in [3.8, 4) is 0 Å². The molecule has 0 aromatic rings. The molecular formula is C27H46O9S2. The summed E-state index contributed by atoms with van der Waals surface area (Å²) in [5.74, 6) is 2.05. The van der Waals surface area contributed by atoms with Crippen LogP contribution in [0.25, 0.3) is 0 Å². The molecule has 0 saturated heterocycles.